The molecule has 5 nitrogen and oxygen atoms in total. The highest BCUT2D eigenvalue weighted by atomic mass is 79.9. The van der Waals surface area contributed by atoms with Gasteiger partial charge < -0.3 is 19.9 Å². The first-order chi connectivity index (χ1) is 16.2. The lowest BCUT2D eigenvalue weighted by Crippen LogP contribution is -2.32. The topological polar surface area (TPSA) is 74.5 Å². The molecule has 2 N–H and O–H groups in total. The highest BCUT2D eigenvalue weighted by Crippen LogP contribution is 2.54. The van der Waals surface area contributed by atoms with E-state index < -0.39 is 0 Å². The number of methoxy groups -OCH3 is 1. The molecule has 2 aliphatic heterocycles. The summed E-state index contributed by atoms with van der Waals surface area (Å²) in [6.07, 6.45) is 4.10. The number of fused-ring (bicyclic) bond motifs is 5. The normalized spacial score (nSPS) is 16.2. The second-order valence-corrected chi connectivity index (χ2v) is 9.95. The Morgan fingerprint density at radius 3 is 2.65 bits per heavy atom. The Balaban J connectivity index is 1.86. The molecule has 0 saturated carbocycles. The van der Waals surface area contributed by atoms with E-state index in [1.807, 2.05) is 24.3 Å². The van der Waals surface area contributed by atoms with E-state index in [2.05, 4.69) is 60.2 Å². The summed E-state index contributed by atoms with van der Waals surface area (Å²) >= 11 is 3.51. The Labute approximate surface area is 207 Å². The number of allylic oxidation sites excluding steroid dienone is 1. The van der Waals surface area contributed by atoms with Crippen LogP contribution >= 0.6 is 15.9 Å². The monoisotopic (exact) mass is 514 g/mol. The molecular formula is C28H23BrN2O3. The van der Waals surface area contributed by atoms with Crippen LogP contribution in [0.25, 0.3) is 28.5 Å². The Bertz CT molecular complexity index is 1460. The van der Waals surface area contributed by atoms with Crippen LogP contribution in [0.4, 0.5) is 5.69 Å². The number of phenols is 1. The number of nitrogens with zero attached hydrogens (tertiary/aromatic N) is 1. The molecule has 0 atom stereocenters. The first kappa shape index (κ1) is 22.1. The number of rotatable bonds is 2. The maximum absolute atomic E-state index is 10.5. The van der Waals surface area contributed by atoms with Crippen molar-refractivity contribution in [1.82, 2.24) is 0 Å². The number of halogens is 1. The van der Waals surface area contributed by atoms with Crippen LogP contribution in [-0.4, -0.2) is 17.8 Å². The van der Waals surface area contributed by atoms with Crippen LogP contribution in [0.15, 0.2) is 53.0 Å². The number of nitrogens with one attached hydrogen (secondary N) is 1. The van der Waals surface area contributed by atoms with Gasteiger partial charge in [-0.3, -0.25) is 0 Å². The molecule has 170 valence electrons. The van der Waals surface area contributed by atoms with Crippen molar-refractivity contribution in [3.05, 3.63) is 75.3 Å². The van der Waals surface area contributed by atoms with E-state index in [9.17, 15) is 10.4 Å². The third-order valence-electron chi connectivity index (χ3n) is 6.09. The van der Waals surface area contributed by atoms with Crippen LogP contribution < -0.4 is 14.8 Å². The second-order valence-electron chi connectivity index (χ2n) is 9.03. The minimum Gasteiger partial charge on any atom is -0.504 e. The fourth-order valence-corrected chi connectivity index (χ4v) is 5.22. The highest BCUT2D eigenvalue weighted by Gasteiger charge is 2.33. The van der Waals surface area contributed by atoms with E-state index in [0.717, 1.165) is 38.0 Å². The van der Waals surface area contributed by atoms with Crippen molar-refractivity contribution in [1.29, 1.82) is 5.26 Å². The van der Waals surface area contributed by atoms with E-state index >= 15 is 0 Å². The van der Waals surface area contributed by atoms with Crippen molar-refractivity contribution in [2.24, 2.45) is 0 Å². The lowest BCUT2D eigenvalue weighted by atomic mass is 9.82. The zero-order valence-corrected chi connectivity index (χ0v) is 20.9. The first-order valence-corrected chi connectivity index (χ1v) is 11.7. The van der Waals surface area contributed by atoms with Crippen LogP contribution in [0.5, 0.6) is 17.2 Å². The number of ether oxygens (including phenoxy) is 2. The molecule has 2 heterocycles. The summed E-state index contributed by atoms with van der Waals surface area (Å²) in [5.41, 5.74) is 6.70. The van der Waals surface area contributed by atoms with E-state index in [4.69, 9.17) is 9.47 Å². The fraction of sp³-hybridized carbons (Fsp3) is 0.179. The van der Waals surface area contributed by atoms with Crippen molar-refractivity contribution in [3.63, 3.8) is 0 Å². The van der Waals surface area contributed by atoms with Gasteiger partial charge >= 0.3 is 0 Å². The van der Waals surface area contributed by atoms with Gasteiger partial charge in [0.1, 0.15) is 11.5 Å². The molecule has 5 rings (SSSR count). The average molecular weight is 515 g/mol. The Kier molecular flexibility index (Phi) is 5.18. The molecule has 0 aromatic heterocycles. The van der Waals surface area contributed by atoms with Gasteiger partial charge in [-0.05, 0) is 74.4 Å². The number of nitriles is 1. The second kappa shape index (κ2) is 7.96. The number of benzene rings is 3. The number of hydrogen-bond donors (Lipinski definition) is 2. The van der Waals surface area contributed by atoms with Crippen molar-refractivity contribution in [2.75, 3.05) is 12.4 Å². The zero-order chi connectivity index (χ0) is 24.2. The van der Waals surface area contributed by atoms with E-state index in [-0.39, 0.29) is 11.3 Å². The molecule has 34 heavy (non-hydrogen) atoms. The molecule has 0 fully saturated rings. The molecule has 0 unspecified atom stereocenters. The van der Waals surface area contributed by atoms with Gasteiger partial charge in [0.2, 0.25) is 0 Å². The minimum absolute atomic E-state index is 0.0474. The largest absolute Gasteiger partial charge is 0.504 e. The van der Waals surface area contributed by atoms with E-state index in [0.29, 0.717) is 28.4 Å². The third-order valence-corrected chi connectivity index (χ3v) is 6.59. The van der Waals surface area contributed by atoms with Crippen molar-refractivity contribution in [2.45, 2.75) is 26.3 Å². The van der Waals surface area contributed by atoms with Crippen LogP contribution in [0, 0.1) is 11.3 Å². The summed E-state index contributed by atoms with van der Waals surface area (Å²) in [4.78, 5) is 0. The maximum Gasteiger partial charge on any atom is 0.172 e. The summed E-state index contributed by atoms with van der Waals surface area (Å²) in [6.45, 7) is 6.35. The lowest BCUT2D eigenvalue weighted by Gasteiger charge is -2.35. The molecule has 6 heteroatoms. The lowest BCUT2D eigenvalue weighted by molar-refractivity contribution is 0.371. The van der Waals surface area contributed by atoms with Crippen molar-refractivity contribution in [3.8, 4) is 34.4 Å². The molecule has 0 radical (unpaired) electrons. The van der Waals surface area contributed by atoms with Crippen LogP contribution in [-0.2, 0) is 0 Å². The van der Waals surface area contributed by atoms with Crippen LogP contribution in [0.3, 0.4) is 0 Å². The fourth-order valence-electron chi connectivity index (χ4n) is 4.84. The Morgan fingerprint density at radius 1 is 1.12 bits per heavy atom. The SMILES string of the molecule is COc1c(O)ccc2c1-c1ccc3c(c1/C(=C/c1cc(Br)ccc1C#N)O2)C(C)=CC(C)(C)N3. The van der Waals surface area contributed by atoms with Crippen molar-refractivity contribution >= 4 is 39.0 Å². The Morgan fingerprint density at radius 2 is 1.91 bits per heavy atom. The summed E-state index contributed by atoms with van der Waals surface area (Å²) < 4.78 is 12.9. The molecule has 2 aliphatic rings. The molecule has 0 aliphatic carbocycles. The number of anilines is 1. The number of hydrogen-bond acceptors (Lipinski definition) is 5. The van der Waals surface area contributed by atoms with Gasteiger partial charge in [0, 0.05) is 26.9 Å². The highest BCUT2D eigenvalue weighted by molar-refractivity contribution is 9.10. The predicted molar refractivity (Wildman–Crippen MR) is 139 cm³/mol. The van der Waals surface area contributed by atoms with Crippen LogP contribution in [0.1, 0.15) is 43.0 Å². The molecule has 3 aromatic rings. The predicted octanol–water partition coefficient (Wildman–Crippen LogP) is 7.20. The van der Waals surface area contributed by atoms with Gasteiger partial charge in [-0.1, -0.05) is 28.1 Å². The summed E-state index contributed by atoms with van der Waals surface area (Å²) in [6, 6.07) is 15.2. The smallest absolute Gasteiger partial charge is 0.172 e. The maximum atomic E-state index is 10.5. The van der Waals surface area contributed by atoms with Gasteiger partial charge in [0.05, 0.1) is 29.8 Å². The van der Waals surface area contributed by atoms with E-state index in [1.165, 1.54) is 7.11 Å². The quantitative estimate of drug-likeness (QED) is 0.378. The third kappa shape index (κ3) is 3.53. The molecule has 0 spiro atoms. The molecule has 0 amide bonds. The molecule has 0 bridgehead atoms. The standard InChI is InChI=1S/C28H23BrN2O3/c1-15-13-28(2,3)31-20-8-7-19-25(24(15)20)23(12-17-11-18(29)6-5-16(17)14-30)34-22-10-9-21(32)27(33-4)26(19)22/h5-13,31-32H,1-4H3/b23-12-. The average Bonchev–Trinajstić information content (AvgIpc) is 2.78. The summed E-state index contributed by atoms with van der Waals surface area (Å²) in [7, 11) is 1.54. The first-order valence-electron chi connectivity index (χ1n) is 10.9. The van der Waals surface area contributed by atoms with Crippen molar-refractivity contribution < 1.29 is 14.6 Å². The van der Waals surface area contributed by atoms with Gasteiger partial charge in [0.25, 0.3) is 0 Å². The minimum atomic E-state index is -0.198. The van der Waals surface area contributed by atoms with Gasteiger partial charge in [-0.25, -0.2) is 0 Å². The van der Waals surface area contributed by atoms with Gasteiger partial charge in [-0.2, -0.15) is 5.26 Å². The molecular weight excluding hydrogens is 492 g/mol. The Hall–Kier alpha value is -3.69. The van der Waals surface area contributed by atoms with Gasteiger partial charge in [-0.15, -0.1) is 0 Å². The molecule has 3 aromatic carbocycles. The molecule has 0 saturated heterocycles. The summed E-state index contributed by atoms with van der Waals surface area (Å²) in [5.74, 6) is 1.61. The van der Waals surface area contributed by atoms with E-state index in [1.54, 1.807) is 18.2 Å². The number of phenolic OH excluding ortho intramolecular Hbond substituents is 1. The van der Waals surface area contributed by atoms with Gasteiger partial charge in [0.15, 0.2) is 11.5 Å². The number of aromatic hydroxyl groups is 1. The summed E-state index contributed by atoms with van der Waals surface area (Å²) in [5, 5.41) is 23.8. The zero-order valence-electron chi connectivity index (χ0n) is 19.3. The van der Waals surface area contributed by atoms with Crippen LogP contribution in [0.2, 0.25) is 0 Å².